The van der Waals surface area contributed by atoms with E-state index in [9.17, 15) is 9.59 Å². The van der Waals surface area contributed by atoms with Crippen LogP contribution in [0, 0.1) is 5.92 Å². The van der Waals surface area contributed by atoms with Crippen molar-refractivity contribution >= 4 is 11.8 Å². The summed E-state index contributed by atoms with van der Waals surface area (Å²) >= 11 is 0. The first-order chi connectivity index (χ1) is 8.65. The number of carbonyl (C=O) groups is 2. The Morgan fingerprint density at radius 3 is 2.50 bits per heavy atom. The molecule has 0 bridgehead atoms. The van der Waals surface area contributed by atoms with Crippen LogP contribution in [0.4, 0.5) is 0 Å². The van der Waals surface area contributed by atoms with Crippen LogP contribution in [0.15, 0.2) is 42.5 Å². The van der Waals surface area contributed by atoms with Crippen molar-refractivity contribution in [3.05, 3.63) is 48.0 Å². The Kier molecular flexibility index (Phi) is 5.85. The molecule has 0 N–H and O–H groups in total. The zero-order valence-electron chi connectivity index (χ0n) is 10.8. The van der Waals surface area contributed by atoms with E-state index in [0.717, 1.165) is 5.56 Å². The fourth-order valence-corrected chi connectivity index (χ4v) is 1.53. The van der Waals surface area contributed by atoms with Gasteiger partial charge in [-0.15, -0.1) is 0 Å². The summed E-state index contributed by atoms with van der Waals surface area (Å²) in [6, 6.07) is 9.41. The second-order valence-corrected chi connectivity index (χ2v) is 4.06. The maximum atomic E-state index is 11.8. The van der Waals surface area contributed by atoms with Gasteiger partial charge >= 0.3 is 5.97 Å². The van der Waals surface area contributed by atoms with Gasteiger partial charge in [0.25, 0.3) is 0 Å². The van der Waals surface area contributed by atoms with Gasteiger partial charge in [0, 0.05) is 0 Å². The third-order valence-corrected chi connectivity index (χ3v) is 2.61. The van der Waals surface area contributed by atoms with Crippen molar-refractivity contribution < 1.29 is 14.3 Å². The average Bonchev–Trinajstić information content (AvgIpc) is 2.37. The van der Waals surface area contributed by atoms with E-state index in [0.29, 0.717) is 6.42 Å². The van der Waals surface area contributed by atoms with Gasteiger partial charge in [-0.2, -0.15) is 0 Å². The number of ketones is 1. The standard InChI is InChI=1S/C15H18O3/c1-3-4-10-14(12(2)16)15(17)18-11-13-8-6-5-7-9-13/h3-9,14H,10-11H2,1-2H3. The normalized spacial score (nSPS) is 12.3. The predicted molar refractivity (Wildman–Crippen MR) is 69.8 cm³/mol. The van der Waals surface area contributed by atoms with Crippen molar-refractivity contribution in [2.24, 2.45) is 5.92 Å². The van der Waals surface area contributed by atoms with Gasteiger partial charge in [-0.1, -0.05) is 42.5 Å². The van der Waals surface area contributed by atoms with Gasteiger partial charge in [0.2, 0.25) is 0 Å². The SMILES string of the molecule is CC=CCC(C(C)=O)C(=O)OCc1ccccc1. The van der Waals surface area contributed by atoms with Crippen LogP contribution in [0.5, 0.6) is 0 Å². The molecular formula is C15H18O3. The van der Waals surface area contributed by atoms with Crippen LogP contribution >= 0.6 is 0 Å². The van der Waals surface area contributed by atoms with Crippen LogP contribution in [0.2, 0.25) is 0 Å². The second-order valence-electron chi connectivity index (χ2n) is 4.06. The molecule has 0 spiro atoms. The quantitative estimate of drug-likeness (QED) is 0.440. The Balaban J connectivity index is 2.54. The summed E-state index contributed by atoms with van der Waals surface area (Å²) in [4.78, 5) is 23.2. The maximum absolute atomic E-state index is 11.8. The number of carbonyl (C=O) groups excluding carboxylic acids is 2. The van der Waals surface area contributed by atoms with Crippen LogP contribution < -0.4 is 0 Å². The predicted octanol–water partition coefficient (Wildman–Crippen LogP) is 2.90. The molecule has 0 fully saturated rings. The lowest BCUT2D eigenvalue weighted by atomic mass is 10.0. The minimum Gasteiger partial charge on any atom is -0.460 e. The van der Waals surface area contributed by atoms with E-state index in [1.165, 1.54) is 6.92 Å². The molecular weight excluding hydrogens is 228 g/mol. The lowest BCUT2D eigenvalue weighted by Gasteiger charge is -2.11. The molecule has 0 radical (unpaired) electrons. The summed E-state index contributed by atoms with van der Waals surface area (Å²) in [6.07, 6.45) is 4.02. The minimum atomic E-state index is -0.690. The molecule has 1 atom stereocenters. The highest BCUT2D eigenvalue weighted by Gasteiger charge is 2.23. The number of Topliss-reactive ketones (excluding diaryl/α,β-unsaturated/α-hetero) is 1. The topological polar surface area (TPSA) is 43.4 Å². The molecule has 0 amide bonds. The molecule has 1 rings (SSSR count). The van der Waals surface area contributed by atoms with E-state index in [2.05, 4.69) is 0 Å². The van der Waals surface area contributed by atoms with Crippen molar-refractivity contribution in [1.82, 2.24) is 0 Å². The first-order valence-corrected chi connectivity index (χ1v) is 5.97. The lowest BCUT2D eigenvalue weighted by Crippen LogP contribution is -2.23. The fourth-order valence-electron chi connectivity index (χ4n) is 1.53. The first-order valence-electron chi connectivity index (χ1n) is 5.97. The van der Waals surface area contributed by atoms with Crippen LogP contribution in [0.1, 0.15) is 25.8 Å². The number of esters is 1. The Morgan fingerprint density at radius 1 is 1.28 bits per heavy atom. The van der Waals surface area contributed by atoms with Crippen molar-refractivity contribution in [3.63, 3.8) is 0 Å². The molecule has 0 aliphatic carbocycles. The summed E-state index contributed by atoms with van der Waals surface area (Å²) < 4.78 is 5.15. The fraction of sp³-hybridized carbons (Fsp3) is 0.333. The molecule has 0 saturated heterocycles. The molecule has 0 aliphatic rings. The molecule has 18 heavy (non-hydrogen) atoms. The zero-order valence-corrected chi connectivity index (χ0v) is 10.8. The number of rotatable bonds is 6. The summed E-state index contributed by atoms with van der Waals surface area (Å²) in [6.45, 7) is 3.48. The van der Waals surface area contributed by atoms with Crippen molar-refractivity contribution in [1.29, 1.82) is 0 Å². The Morgan fingerprint density at radius 2 is 1.94 bits per heavy atom. The van der Waals surface area contributed by atoms with Gasteiger partial charge in [-0.25, -0.2) is 0 Å². The van der Waals surface area contributed by atoms with Gasteiger partial charge in [-0.05, 0) is 25.8 Å². The highest BCUT2D eigenvalue weighted by molar-refractivity contribution is 5.97. The van der Waals surface area contributed by atoms with Crippen molar-refractivity contribution in [2.45, 2.75) is 26.9 Å². The Bertz CT molecular complexity index is 421. The second kappa shape index (κ2) is 7.43. The smallest absolute Gasteiger partial charge is 0.317 e. The highest BCUT2D eigenvalue weighted by atomic mass is 16.5. The first kappa shape index (κ1) is 14.2. The Labute approximate surface area is 107 Å². The van der Waals surface area contributed by atoms with Crippen LogP contribution in [-0.2, 0) is 20.9 Å². The minimum absolute atomic E-state index is 0.161. The third-order valence-electron chi connectivity index (χ3n) is 2.61. The van der Waals surface area contributed by atoms with Crippen molar-refractivity contribution in [2.75, 3.05) is 0 Å². The molecule has 0 aliphatic heterocycles. The molecule has 1 aromatic carbocycles. The highest BCUT2D eigenvalue weighted by Crippen LogP contribution is 2.10. The van der Waals surface area contributed by atoms with E-state index in [-0.39, 0.29) is 12.4 Å². The summed E-state index contributed by atoms with van der Waals surface area (Å²) in [5, 5.41) is 0. The van der Waals surface area contributed by atoms with Gasteiger partial charge in [0.1, 0.15) is 18.3 Å². The van der Waals surface area contributed by atoms with E-state index >= 15 is 0 Å². The molecule has 0 saturated carbocycles. The number of allylic oxidation sites excluding steroid dienone is 2. The monoisotopic (exact) mass is 246 g/mol. The van der Waals surface area contributed by atoms with E-state index in [1.54, 1.807) is 6.08 Å². The van der Waals surface area contributed by atoms with E-state index in [1.807, 2.05) is 43.3 Å². The maximum Gasteiger partial charge on any atom is 0.317 e. The van der Waals surface area contributed by atoms with Crippen LogP contribution in [0.3, 0.4) is 0 Å². The van der Waals surface area contributed by atoms with Gasteiger partial charge < -0.3 is 4.74 Å². The molecule has 0 heterocycles. The van der Waals surface area contributed by atoms with Crippen LogP contribution in [0.25, 0.3) is 0 Å². The van der Waals surface area contributed by atoms with Gasteiger partial charge in [0.15, 0.2) is 0 Å². The number of benzene rings is 1. The molecule has 0 aromatic heterocycles. The summed E-state index contributed by atoms with van der Waals surface area (Å²) in [5.41, 5.74) is 0.916. The van der Waals surface area contributed by atoms with Gasteiger partial charge in [-0.3, -0.25) is 9.59 Å². The molecule has 1 unspecified atom stereocenters. The zero-order chi connectivity index (χ0) is 13.4. The average molecular weight is 246 g/mol. The molecule has 1 aromatic rings. The van der Waals surface area contributed by atoms with Crippen LogP contribution in [-0.4, -0.2) is 11.8 Å². The number of ether oxygens (including phenoxy) is 1. The third kappa shape index (κ3) is 4.53. The number of hydrogen-bond acceptors (Lipinski definition) is 3. The molecule has 3 heteroatoms. The largest absolute Gasteiger partial charge is 0.460 e. The molecule has 3 nitrogen and oxygen atoms in total. The molecule has 96 valence electrons. The lowest BCUT2D eigenvalue weighted by molar-refractivity contribution is -0.152. The van der Waals surface area contributed by atoms with Crippen molar-refractivity contribution in [3.8, 4) is 0 Å². The van der Waals surface area contributed by atoms with Gasteiger partial charge in [0.05, 0.1) is 0 Å². The van der Waals surface area contributed by atoms with E-state index in [4.69, 9.17) is 4.74 Å². The number of hydrogen-bond donors (Lipinski definition) is 0. The summed E-state index contributed by atoms with van der Waals surface area (Å²) in [5.74, 6) is -1.31. The summed E-state index contributed by atoms with van der Waals surface area (Å²) in [7, 11) is 0. The van der Waals surface area contributed by atoms with E-state index < -0.39 is 11.9 Å². The Hall–Kier alpha value is -1.90.